The van der Waals surface area contributed by atoms with Crippen molar-refractivity contribution in [2.75, 3.05) is 26.0 Å². The van der Waals surface area contributed by atoms with Crippen molar-refractivity contribution in [3.8, 4) is 5.75 Å². The fourth-order valence-electron chi connectivity index (χ4n) is 3.11. The van der Waals surface area contributed by atoms with Crippen LogP contribution in [0.2, 0.25) is 0 Å². The number of ether oxygens (including phenoxy) is 2. The minimum Gasteiger partial charge on any atom is -0.490 e. The summed E-state index contributed by atoms with van der Waals surface area (Å²) < 4.78 is 10.4. The van der Waals surface area contributed by atoms with Gasteiger partial charge in [0.25, 0.3) is 0 Å². The second-order valence-electron chi connectivity index (χ2n) is 7.98. The van der Waals surface area contributed by atoms with E-state index in [1.54, 1.807) is 30.1 Å². The minimum absolute atomic E-state index is 0. The van der Waals surface area contributed by atoms with Crippen molar-refractivity contribution in [3.05, 3.63) is 28.3 Å². The average Bonchev–Trinajstić information content (AvgIpc) is 2.54. The van der Waals surface area contributed by atoms with Gasteiger partial charge in [-0.05, 0) is 58.1 Å². The zero-order valence-electron chi connectivity index (χ0n) is 16.7. The average molecular weight is 381 g/mol. The lowest BCUT2D eigenvalue weighted by atomic mass is 9.78. The molecule has 0 heterocycles. The van der Waals surface area contributed by atoms with Crippen LogP contribution in [0.15, 0.2) is 18.2 Å². The van der Waals surface area contributed by atoms with Gasteiger partial charge in [-0.25, -0.2) is 4.79 Å². The SMILES string of the molecule is COc1cccc(NC2CC(CCN(C)C(=O)OC(C)(C)C)C2)c1[N+](=O)[O-].[HH]. The van der Waals surface area contributed by atoms with E-state index in [0.29, 0.717) is 18.2 Å². The van der Waals surface area contributed by atoms with Gasteiger partial charge in [-0.15, -0.1) is 0 Å². The molecule has 1 fully saturated rings. The molecule has 1 aromatic carbocycles. The molecule has 8 nitrogen and oxygen atoms in total. The van der Waals surface area contributed by atoms with Crippen molar-refractivity contribution in [1.29, 1.82) is 0 Å². The lowest BCUT2D eigenvalue weighted by molar-refractivity contribution is -0.384. The number of amides is 1. The number of nitrogens with zero attached hydrogens (tertiary/aromatic N) is 2. The van der Waals surface area contributed by atoms with Gasteiger partial charge in [0.05, 0.1) is 12.0 Å². The van der Waals surface area contributed by atoms with Gasteiger partial charge in [-0.3, -0.25) is 10.1 Å². The van der Waals surface area contributed by atoms with E-state index >= 15 is 0 Å². The van der Waals surface area contributed by atoms with Crippen LogP contribution in [0.4, 0.5) is 16.2 Å². The molecule has 0 unspecified atom stereocenters. The summed E-state index contributed by atoms with van der Waals surface area (Å²) in [7, 11) is 3.16. The van der Waals surface area contributed by atoms with Crippen molar-refractivity contribution in [3.63, 3.8) is 0 Å². The fraction of sp³-hybridized carbons (Fsp3) is 0.632. The summed E-state index contributed by atoms with van der Waals surface area (Å²) >= 11 is 0. The maximum atomic E-state index is 12.0. The molecular weight excluding hydrogens is 350 g/mol. The predicted octanol–water partition coefficient (Wildman–Crippen LogP) is 4.30. The Labute approximate surface area is 161 Å². The van der Waals surface area contributed by atoms with E-state index in [0.717, 1.165) is 19.3 Å². The van der Waals surface area contributed by atoms with Crippen LogP contribution in [-0.2, 0) is 4.74 Å². The maximum absolute atomic E-state index is 12.0. The van der Waals surface area contributed by atoms with Crippen molar-refractivity contribution >= 4 is 17.5 Å². The van der Waals surface area contributed by atoms with E-state index in [1.807, 2.05) is 20.8 Å². The minimum atomic E-state index is -0.498. The van der Waals surface area contributed by atoms with Gasteiger partial charge in [0.2, 0.25) is 0 Å². The summed E-state index contributed by atoms with van der Waals surface area (Å²) in [5, 5.41) is 14.6. The zero-order chi connectivity index (χ0) is 20.2. The van der Waals surface area contributed by atoms with Crippen molar-refractivity contribution in [2.45, 2.75) is 51.7 Å². The molecule has 1 aromatic rings. The molecule has 1 amide bonds. The van der Waals surface area contributed by atoms with Crippen LogP contribution < -0.4 is 10.1 Å². The van der Waals surface area contributed by atoms with Gasteiger partial charge in [0, 0.05) is 21.1 Å². The third-order valence-electron chi connectivity index (χ3n) is 4.57. The van der Waals surface area contributed by atoms with Crippen LogP contribution in [0, 0.1) is 16.0 Å². The number of rotatable bonds is 7. The molecule has 1 aliphatic rings. The number of hydrogen-bond donors (Lipinski definition) is 1. The molecule has 0 radical (unpaired) electrons. The molecule has 1 aliphatic carbocycles. The molecule has 2 rings (SSSR count). The molecule has 8 heteroatoms. The Balaban J connectivity index is 0.00000392. The summed E-state index contributed by atoms with van der Waals surface area (Å²) in [5.74, 6) is 0.733. The summed E-state index contributed by atoms with van der Waals surface area (Å²) in [6, 6.07) is 5.21. The quantitative estimate of drug-likeness (QED) is 0.559. The molecule has 0 atom stereocenters. The molecule has 0 bridgehead atoms. The van der Waals surface area contributed by atoms with E-state index in [1.165, 1.54) is 7.11 Å². The number of methoxy groups -OCH3 is 1. The first kappa shape index (κ1) is 20.8. The number of nitro groups is 1. The number of nitrogens with one attached hydrogen (secondary N) is 1. The third-order valence-corrected chi connectivity index (χ3v) is 4.57. The van der Waals surface area contributed by atoms with E-state index in [4.69, 9.17) is 9.47 Å². The largest absolute Gasteiger partial charge is 0.490 e. The normalized spacial score (nSPS) is 19.0. The van der Waals surface area contributed by atoms with Crippen LogP contribution in [0.5, 0.6) is 5.75 Å². The number of carbonyl (C=O) groups excluding carboxylic acids is 1. The summed E-state index contributed by atoms with van der Waals surface area (Å²) in [6.07, 6.45) is 2.39. The van der Waals surface area contributed by atoms with E-state index in [2.05, 4.69) is 5.32 Å². The van der Waals surface area contributed by atoms with Crippen LogP contribution >= 0.6 is 0 Å². The van der Waals surface area contributed by atoms with Crippen molar-refractivity contribution in [2.24, 2.45) is 5.92 Å². The molecule has 0 saturated heterocycles. The van der Waals surface area contributed by atoms with Gasteiger partial charge < -0.3 is 19.7 Å². The lowest BCUT2D eigenvalue weighted by Crippen LogP contribution is -2.39. The fourth-order valence-corrected chi connectivity index (χ4v) is 3.11. The Hall–Kier alpha value is -2.51. The Morgan fingerprint density at radius 1 is 1.41 bits per heavy atom. The van der Waals surface area contributed by atoms with Crippen LogP contribution in [0.25, 0.3) is 0 Å². The topological polar surface area (TPSA) is 93.9 Å². The highest BCUT2D eigenvalue weighted by Crippen LogP contribution is 2.38. The number of para-hydroxylation sites is 1. The van der Waals surface area contributed by atoms with Crippen molar-refractivity contribution < 1.29 is 20.6 Å². The van der Waals surface area contributed by atoms with Gasteiger partial charge in [-0.2, -0.15) is 0 Å². The van der Waals surface area contributed by atoms with Crippen LogP contribution in [-0.4, -0.2) is 48.3 Å². The molecule has 0 spiro atoms. The van der Waals surface area contributed by atoms with Gasteiger partial charge in [0.1, 0.15) is 11.3 Å². The summed E-state index contributed by atoms with van der Waals surface area (Å²) in [4.78, 5) is 24.5. The third kappa shape index (κ3) is 5.74. The Morgan fingerprint density at radius 3 is 2.63 bits per heavy atom. The maximum Gasteiger partial charge on any atom is 0.410 e. The first-order chi connectivity index (χ1) is 12.6. The van der Waals surface area contributed by atoms with Gasteiger partial charge >= 0.3 is 11.8 Å². The Morgan fingerprint density at radius 2 is 2.07 bits per heavy atom. The predicted molar refractivity (Wildman–Crippen MR) is 105 cm³/mol. The first-order valence-corrected chi connectivity index (χ1v) is 9.12. The molecule has 0 aliphatic heterocycles. The number of anilines is 1. The number of hydrogen-bond acceptors (Lipinski definition) is 6. The van der Waals surface area contributed by atoms with Gasteiger partial charge in [0.15, 0.2) is 5.75 Å². The van der Waals surface area contributed by atoms with Crippen molar-refractivity contribution in [1.82, 2.24) is 4.90 Å². The van der Waals surface area contributed by atoms with E-state index < -0.39 is 10.5 Å². The number of carbonyl (C=O) groups is 1. The second-order valence-corrected chi connectivity index (χ2v) is 7.98. The van der Waals surface area contributed by atoms with Crippen LogP contribution in [0.3, 0.4) is 0 Å². The summed E-state index contributed by atoms with van der Waals surface area (Å²) in [5.41, 5.74) is -0.0516. The first-order valence-electron chi connectivity index (χ1n) is 9.12. The monoisotopic (exact) mass is 381 g/mol. The molecule has 27 heavy (non-hydrogen) atoms. The molecular formula is C19H31N3O5. The lowest BCUT2D eigenvalue weighted by Gasteiger charge is -2.37. The molecule has 1 N–H and O–H groups in total. The number of benzene rings is 1. The van der Waals surface area contributed by atoms with Crippen LogP contribution in [0.1, 0.15) is 41.5 Å². The highest BCUT2D eigenvalue weighted by molar-refractivity contribution is 5.69. The molecule has 0 aromatic heterocycles. The second kappa shape index (κ2) is 8.45. The molecule has 152 valence electrons. The standard InChI is InChI=1S/C19H29N3O5.H2/c1-19(2,3)27-18(23)21(4)10-9-13-11-14(12-13)20-15-7-6-8-16(26-5)17(15)22(24)25;/h6-8,13-14,20H,9-12H2,1-5H3;1H. The smallest absolute Gasteiger partial charge is 0.410 e. The van der Waals surface area contributed by atoms with E-state index in [9.17, 15) is 14.9 Å². The van der Waals surface area contributed by atoms with Gasteiger partial charge in [-0.1, -0.05) is 6.07 Å². The Bertz CT molecular complexity index is 687. The van der Waals surface area contributed by atoms with E-state index in [-0.39, 0.29) is 25.0 Å². The Kier molecular flexibility index (Phi) is 6.51. The summed E-state index contributed by atoms with van der Waals surface area (Å²) in [6.45, 7) is 6.17. The number of nitro benzene ring substituents is 1. The highest BCUT2D eigenvalue weighted by atomic mass is 16.6. The zero-order valence-corrected chi connectivity index (χ0v) is 16.7. The molecule has 1 saturated carbocycles. The highest BCUT2D eigenvalue weighted by Gasteiger charge is 2.32.